The summed E-state index contributed by atoms with van der Waals surface area (Å²) in [6.07, 6.45) is 5.66. The highest BCUT2D eigenvalue weighted by Gasteiger charge is 2.15. The summed E-state index contributed by atoms with van der Waals surface area (Å²) < 4.78 is 22.4. The van der Waals surface area contributed by atoms with Crippen molar-refractivity contribution in [2.24, 2.45) is 0 Å². The highest BCUT2D eigenvalue weighted by molar-refractivity contribution is 7.91. The number of rotatable bonds is 8. The maximum absolute atomic E-state index is 11.5. The Kier molecular flexibility index (Phi) is 6.12. The van der Waals surface area contributed by atoms with E-state index in [1.54, 1.807) is 6.92 Å². The van der Waals surface area contributed by atoms with Gasteiger partial charge in [-0.05, 0) is 19.3 Å². The van der Waals surface area contributed by atoms with Crippen LogP contribution in [0.15, 0.2) is 0 Å². The molecular formula is C12H23NO3S. The van der Waals surface area contributed by atoms with Crippen LogP contribution in [0, 0.1) is 0 Å². The smallest absolute Gasteiger partial charge is 0.150 e. The molecule has 1 rings (SSSR count). The quantitative estimate of drug-likeness (QED) is 0.715. The van der Waals surface area contributed by atoms with Crippen molar-refractivity contribution in [3.63, 3.8) is 0 Å². The molecule has 1 aliphatic carbocycles. The van der Waals surface area contributed by atoms with Crippen molar-refractivity contribution in [3.8, 4) is 0 Å². The van der Waals surface area contributed by atoms with Crippen molar-refractivity contribution in [1.82, 2.24) is 5.32 Å². The number of carbonyl (C=O) groups is 1. The first kappa shape index (κ1) is 14.6. The maximum Gasteiger partial charge on any atom is 0.150 e. The Morgan fingerprint density at radius 2 is 1.94 bits per heavy atom. The Balaban J connectivity index is 2.08. The molecule has 0 atom stereocenters. The van der Waals surface area contributed by atoms with E-state index < -0.39 is 9.84 Å². The predicted octanol–water partition coefficient (Wildman–Crippen LogP) is 1.30. The molecule has 0 aromatic rings. The first-order chi connectivity index (χ1) is 8.03. The highest BCUT2D eigenvalue weighted by atomic mass is 32.2. The van der Waals surface area contributed by atoms with Crippen molar-refractivity contribution < 1.29 is 13.2 Å². The lowest BCUT2D eigenvalue weighted by molar-refractivity contribution is -0.118. The Morgan fingerprint density at radius 3 is 2.53 bits per heavy atom. The number of nitrogens with one attached hydrogen (secondary N) is 1. The minimum absolute atomic E-state index is 0.128. The zero-order valence-electron chi connectivity index (χ0n) is 10.6. The fraction of sp³-hybridized carbons (Fsp3) is 0.917. The SMILES string of the molecule is CCS(=O)(=O)CCCC(=O)CNC1CCCC1. The van der Waals surface area contributed by atoms with Crippen LogP contribution in [0.4, 0.5) is 0 Å². The third-order valence-corrected chi connectivity index (χ3v) is 5.08. The largest absolute Gasteiger partial charge is 0.307 e. The van der Waals surface area contributed by atoms with Crippen molar-refractivity contribution in [3.05, 3.63) is 0 Å². The van der Waals surface area contributed by atoms with E-state index in [1.807, 2.05) is 0 Å². The fourth-order valence-corrected chi connectivity index (χ4v) is 2.98. The van der Waals surface area contributed by atoms with Gasteiger partial charge in [-0.25, -0.2) is 8.42 Å². The standard InChI is InChI=1S/C12H23NO3S/c1-2-17(15,16)9-5-8-12(14)10-13-11-6-3-4-7-11/h11,13H,2-10H2,1H3. The number of ketones is 1. The molecule has 1 aliphatic rings. The lowest BCUT2D eigenvalue weighted by Crippen LogP contribution is -2.31. The topological polar surface area (TPSA) is 63.2 Å². The molecular weight excluding hydrogens is 238 g/mol. The molecule has 0 aliphatic heterocycles. The summed E-state index contributed by atoms with van der Waals surface area (Å²) in [4.78, 5) is 11.5. The molecule has 0 aromatic carbocycles. The molecule has 0 spiro atoms. The molecule has 17 heavy (non-hydrogen) atoms. The van der Waals surface area contributed by atoms with Crippen LogP contribution in [0.3, 0.4) is 0 Å². The van der Waals surface area contributed by atoms with Gasteiger partial charge in [0.1, 0.15) is 15.6 Å². The third-order valence-electron chi connectivity index (χ3n) is 3.29. The molecule has 0 bridgehead atoms. The fourth-order valence-electron chi connectivity index (χ4n) is 2.11. The molecule has 5 heteroatoms. The minimum atomic E-state index is -2.92. The average Bonchev–Trinajstić information content (AvgIpc) is 2.79. The van der Waals surface area contributed by atoms with Gasteiger partial charge in [0.05, 0.1) is 12.3 Å². The van der Waals surface area contributed by atoms with E-state index in [1.165, 1.54) is 12.8 Å². The zero-order valence-corrected chi connectivity index (χ0v) is 11.4. The molecule has 1 fully saturated rings. The molecule has 0 saturated heterocycles. The number of hydrogen-bond donors (Lipinski definition) is 1. The second kappa shape index (κ2) is 7.11. The van der Waals surface area contributed by atoms with E-state index in [-0.39, 0.29) is 17.3 Å². The molecule has 0 aromatic heterocycles. The van der Waals surface area contributed by atoms with Crippen LogP contribution in [0.2, 0.25) is 0 Å². The number of sulfone groups is 1. The van der Waals surface area contributed by atoms with Crippen molar-refractivity contribution in [2.45, 2.75) is 51.5 Å². The van der Waals surface area contributed by atoms with Gasteiger partial charge < -0.3 is 5.32 Å². The van der Waals surface area contributed by atoms with Crippen LogP contribution in [-0.4, -0.2) is 38.3 Å². The molecule has 1 N–H and O–H groups in total. The van der Waals surface area contributed by atoms with Gasteiger partial charge in [-0.1, -0.05) is 19.8 Å². The summed E-state index contributed by atoms with van der Waals surface area (Å²) in [5, 5.41) is 3.24. The molecule has 4 nitrogen and oxygen atoms in total. The van der Waals surface area contributed by atoms with Gasteiger partial charge in [0.25, 0.3) is 0 Å². The molecule has 0 amide bonds. The van der Waals surface area contributed by atoms with Gasteiger partial charge in [-0.3, -0.25) is 4.79 Å². The Hall–Kier alpha value is -0.420. The lowest BCUT2D eigenvalue weighted by atomic mass is 10.2. The molecule has 0 heterocycles. The maximum atomic E-state index is 11.5. The second-order valence-electron chi connectivity index (χ2n) is 4.74. The highest BCUT2D eigenvalue weighted by Crippen LogP contribution is 2.17. The number of carbonyl (C=O) groups excluding carboxylic acids is 1. The van der Waals surface area contributed by atoms with E-state index in [0.717, 1.165) is 12.8 Å². The van der Waals surface area contributed by atoms with Crippen LogP contribution in [0.25, 0.3) is 0 Å². The Bertz CT molecular complexity index is 332. The Morgan fingerprint density at radius 1 is 1.29 bits per heavy atom. The first-order valence-corrected chi connectivity index (χ1v) is 8.31. The second-order valence-corrected chi connectivity index (χ2v) is 7.21. The van der Waals surface area contributed by atoms with Gasteiger partial charge in [-0.2, -0.15) is 0 Å². The summed E-state index contributed by atoms with van der Waals surface area (Å²) >= 11 is 0. The van der Waals surface area contributed by atoms with E-state index in [0.29, 0.717) is 25.4 Å². The summed E-state index contributed by atoms with van der Waals surface area (Å²) in [6.45, 7) is 2.04. The van der Waals surface area contributed by atoms with E-state index >= 15 is 0 Å². The third kappa shape index (κ3) is 6.17. The van der Waals surface area contributed by atoms with Gasteiger partial charge >= 0.3 is 0 Å². The average molecular weight is 261 g/mol. The number of Topliss-reactive ketones (excluding diaryl/α,β-unsaturated/α-hetero) is 1. The van der Waals surface area contributed by atoms with Crippen molar-refractivity contribution in [1.29, 1.82) is 0 Å². The normalized spacial score (nSPS) is 17.5. The predicted molar refractivity (Wildman–Crippen MR) is 68.8 cm³/mol. The monoisotopic (exact) mass is 261 g/mol. The summed E-state index contributed by atoms with van der Waals surface area (Å²) in [5.74, 6) is 0.434. The van der Waals surface area contributed by atoms with Crippen LogP contribution >= 0.6 is 0 Å². The van der Waals surface area contributed by atoms with E-state index in [4.69, 9.17) is 0 Å². The van der Waals surface area contributed by atoms with Gasteiger partial charge in [0.15, 0.2) is 0 Å². The van der Waals surface area contributed by atoms with Crippen LogP contribution in [-0.2, 0) is 14.6 Å². The van der Waals surface area contributed by atoms with Gasteiger partial charge in [-0.15, -0.1) is 0 Å². The van der Waals surface area contributed by atoms with E-state index in [9.17, 15) is 13.2 Å². The molecule has 0 radical (unpaired) electrons. The van der Waals surface area contributed by atoms with Gasteiger partial charge in [0.2, 0.25) is 0 Å². The lowest BCUT2D eigenvalue weighted by Gasteiger charge is -2.10. The van der Waals surface area contributed by atoms with Crippen molar-refractivity contribution in [2.75, 3.05) is 18.1 Å². The van der Waals surface area contributed by atoms with Crippen LogP contribution < -0.4 is 5.32 Å². The van der Waals surface area contributed by atoms with Crippen LogP contribution in [0.1, 0.15) is 45.4 Å². The zero-order chi connectivity index (χ0) is 12.7. The van der Waals surface area contributed by atoms with Crippen molar-refractivity contribution >= 4 is 15.6 Å². The number of hydrogen-bond acceptors (Lipinski definition) is 4. The Labute approximate surface area is 104 Å². The summed E-state index contributed by atoms with van der Waals surface area (Å²) in [7, 11) is -2.92. The van der Waals surface area contributed by atoms with Crippen LogP contribution in [0.5, 0.6) is 0 Å². The molecule has 1 saturated carbocycles. The minimum Gasteiger partial charge on any atom is -0.307 e. The first-order valence-electron chi connectivity index (χ1n) is 6.49. The summed E-state index contributed by atoms with van der Waals surface area (Å²) in [6, 6.07) is 0.498. The summed E-state index contributed by atoms with van der Waals surface area (Å²) in [5.41, 5.74) is 0. The van der Waals surface area contributed by atoms with E-state index in [2.05, 4.69) is 5.32 Å². The molecule has 100 valence electrons. The molecule has 0 unspecified atom stereocenters. The van der Waals surface area contributed by atoms with Gasteiger partial charge in [0, 0.05) is 18.2 Å².